The molecular weight excluding hydrogens is 256 g/mol. The first-order valence-corrected chi connectivity index (χ1v) is 6.82. The van der Waals surface area contributed by atoms with Crippen molar-refractivity contribution in [2.24, 2.45) is 0 Å². The number of hydrogen-bond acceptors (Lipinski definition) is 4. The Morgan fingerprint density at radius 2 is 1.65 bits per heavy atom. The molecule has 0 aliphatic rings. The van der Waals surface area contributed by atoms with Crippen LogP contribution in [0.5, 0.6) is 11.5 Å². The van der Waals surface area contributed by atoms with E-state index in [0.29, 0.717) is 13.2 Å². The average Bonchev–Trinajstić information content (AvgIpc) is 2.50. The van der Waals surface area contributed by atoms with Crippen molar-refractivity contribution in [1.82, 2.24) is 0 Å². The topological polar surface area (TPSA) is 44.8 Å². The summed E-state index contributed by atoms with van der Waals surface area (Å²) in [6.07, 6.45) is 5.13. The number of carbonyl (C=O) groups is 1. The quantitative estimate of drug-likeness (QED) is 0.374. The van der Waals surface area contributed by atoms with Gasteiger partial charge >= 0.3 is 5.97 Å². The lowest BCUT2D eigenvalue weighted by Crippen LogP contribution is -2.02. The second-order valence-corrected chi connectivity index (χ2v) is 4.31. The van der Waals surface area contributed by atoms with Crippen LogP contribution in [-0.4, -0.2) is 26.3 Å². The number of carbonyl (C=O) groups excluding carboxylic acids is 1. The van der Waals surface area contributed by atoms with Gasteiger partial charge in [-0.2, -0.15) is 0 Å². The maximum Gasteiger partial charge on any atom is 0.330 e. The summed E-state index contributed by atoms with van der Waals surface area (Å²) in [4.78, 5) is 10.8. The van der Waals surface area contributed by atoms with Gasteiger partial charge in [-0.1, -0.05) is 6.58 Å². The molecule has 0 heterocycles. The molecule has 110 valence electrons. The first kappa shape index (κ1) is 16.1. The largest absolute Gasteiger partial charge is 0.497 e. The first-order chi connectivity index (χ1) is 9.76. The number of benzene rings is 1. The molecule has 0 amide bonds. The summed E-state index contributed by atoms with van der Waals surface area (Å²) in [5.41, 5.74) is 0. The van der Waals surface area contributed by atoms with Crippen molar-refractivity contribution in [3.8, 4) is 11.5 Å². The molecule has 20 heavy (non-hydrogen) atoms. The van der Waals surface area contributed by atoms with Crippen molar-refractivity contribution in [3.63, 3.8) is 0 Å². The van der Waals surface area contributed by atoms with E-state index in [4.69, 9.17) is 14.2 Å². The highest BCUT2D eigenvalue weighted by Gasteiger charge is 1.97. The molecule has 1 aromatic rings. The van der Waals surface area contributed by atoms with Crippen molar-refractivity contribution in [1.29, 1.82) is 0 Å². The van der Waals surface area contributed by atoms with Gasteiger partial charge in [-0.05, 0) is 49.9 Å². The standard InChI is InChI=1S/C16H22O4/c1-3-16(17)20-13-7-5-4-6-12-19-15-10-8-14(18-2)9-11-15/h3,8-11H,1,4-7,12-13H2,2H3. The highest BCUT2D eigenvalue weighted by atomic mass is 16.5. The average molecular weight is 278 g/mol. The van der Waals surface area contributed by atoms with Crippen molar-refractivity contribution in [3.05, 3.63) is 36.9 Å². The van der Waals surface area contributed by atoms with E-state index in [2.05, 4.69) is 6.58 Å². The molecule has 0 bridgehead atoms. The van der Waals surface area contributed by atoms with Crippen LogP contribution >= 0.6 is 0 Å². The highest BCUT2D eigenvalue weighted by Crippen LogP contribution is 2.17. The van der Waals surface area contributed by atoms with Gasteiger partial charge in [0.1, 0.15) is 11.5 Å². The predicted molar refractivity (Wildman–Crippen MR) is 78.1 cm³/mol. The smallest absolute Gasteiger partial charge is 0.330 e. The van der Waals surface area contributed by atoms with E-state index in [1.54, 1.807) is 7.11 Å². The van der Waals surface area contributed by atoms with Crippen LogP contribution < -0.4 is 9.47 Å². The number of hydrogen-bond donors (Lipinski definition) is 0. The van der Waals surface area contributed by atoms with Gasteiger partial charge in [0.05, 0.1) is 20.3 Å². The minimum atomic E-state index is -0.354. The van der Waals surface area contributed by atoms with Gasteiger partial charge in [-0.25, -0.2) is 4.79 Å². The monoisotopic (exact) mass is 278 g/mol. The van der Waals surface area contributed by atoms with Gasteiger partial charge in [0.15, 0.2) is 0 Å². The Balaban J connectivity index is 1.99. The third-order valence-electron chi connectivity index (χ3n) is 2.78. The second kappa shape index (κ2) is 9.89. The Labute approximate surface area is 120 Å². The maximum absolute atomic E-state index is 10.8. The van der Waals surface area contributed by atoms with Crippen LogP contribution in [0.25, 0.3) is 0 Å². The molecule has 0 unspecified atom stereocenters. The highest BCUT2D eigenvalue weighted by molar-refractivity contribution is 5.81. The molecule has 0 aromatic heterocycles. The molecule has 4 heteroatoms. The summed E-state index contributed by atoms with van der Waals surface area (Å²) < 4.78 is 15.6. The minimum Gasteiger partial charge on any atom is -0.497 e. The Kier molecular flexibility index (Phi) is 7.96. The van der Waals surface area contributed by atoms with E-state index in [1.807, 2.05) is 24.3 Å². The molecule has 0 fully saturated rings. The van der Waals surface area contributed by atoms with E-state index >= 15 is 0 Å². The summed E-state index contributed by atoms with van der Waals surface area (Å²) in [6, 6.07) is 7.55. The predicted octanol–water partition coefficient (Wildman–Crippen LogP) is 3.36. The van der Waals surface area contributed by atoms with Crippen molar-refractivity contribution in [2.45, 2.75) is 25.7 Å². The van der Waals surface area contributed by atoms with Crippen molar-refractivity contribution < 1.29 is 19.0 Å². The number of methoxy groups -OCH3 is 1. The van der Waals surface area contributed by atoms with Gasteiger partial charge in [0.25, 0.3) is 0 Å². The van der Waals surface area contributed by atoms with E-state index in [-0.39, 0.29) is 5.97 Å². The Hall–Kier alpha value is -1.97. The van der Waals surface area contributed by atoms with Gasteiger partial charge in [-0.3, -0.25) is 0 Å². The molecule has 0 saturated heterocycles. The molecule has 1 aromatic carbocycles. The molecule has 0 saturated carbocycles. The zero-order chi connectivity index (χ0) is 14.6. The molecular formula is C16H22O4. The molecule has 0 radical (unpaired) electrons. The van der Waals surface area contributed by atoms with Crippen LogP contribution in [-0.2, 0) is 9.53 Å². The summed E-state index contributed by atoms with van der Waals surface area (Å²) in [5, 5.41) is 0. The van der Waals surface area contributed by atoms with E-state index < -0.39 is 0 Å². The normalized spacial score (nSPS) is 9.85. The van der Waals surface area contributed by atoms with Gasteiger partial charge in [-0.15, -0.1) is 0 Å². The summed E-state index contributed by atoms with van der Waals surface area (Å²) in [7, 11) is 1.64. The van der Waals surface area contributed by atoms with E-state index in [9.17, 15) is 4.79 Å². The SMILES string of the molecule is C=CC(=O)OCCCCCCOc1ccc(OC)cc1. The minimum absolute atomic E-state index is 0.354. The summed E-state index contributed by atoms with van der Waals surface area (Å²) in [5.74, 6) is 1.32. The molecule has 1 rings (SSSR count). The lowest BCUT2D eigenvalue weighted by molar-refractivity contribution is -0.137. The summed E-state index contributed by atoms with van der Waals surface area (Å²) >= 11 is 0. The van der Waals surface area contributed by atoms with Crippen LogP contribution in [0, 0.1) is 0 Å². The third kappa shape index (κ3) is 6.83. The van der Waals surface area contributed by atoms with Gasteiger partial charge in [0, 0.05) is 6.08 Å². The van der Waals surface area contributed by atoms with Crippen LogP contribution in [0.4, 0.5) is 0 Å². The van der Waals surface area contributed by atoms with E-state index in [0.717, 1.165) is 37.2 Å². The van der Waals surface area contributed by atoms with Crippen LogP contribution in [0.2, 0.25) is 0 Å². The molecule has 4 nitrogen and oxygen atoms in total. The third-order valence-corrected chi connectivity index (χ3v) is 2.78. The first-order valence-electron chi connectivity index (χ1n) is 6.82. The zero-order valence-corrected chi connectivity index (χ0v) is 12.0. The molecule has 0 spiro atoms. The summed E-state index contributed by atoms with van der Waals surface area (Å²) in [6.45, 7) is 4.50. The second-order valence-electron chi connectivity index (χ2n) is 4.31. The molecule has 0 atom stereocenters. The maximum atomic E-state index is 10.8. The molecule has 0 aliphatic heterocycles. The van der Waals surface area contributed by atoms with Crippen LogP contribution in [0.3, 0.4) is 0 Å². The number of rotatable bonds is 10. The molecule has 0 N–H and O–H groups in total. The number of ether oxygens (including phenoxy) is 3. The lowest BCUT2D eigenvalue weighted by Gasteiger charge is -2.07. The van der Waals surface area contributed by atoms with E-state index in [1.165, 1.54) is 6.08 Å². The van der Waals surface area contributed by atoms with Gasteiger partial charge in [0.2, 0.25) is 0 Å². The number of esters is 1. The van der Waals surface area contributed by atoms with Crippen molar-refractivity contribution in [2.75, 3.05) is 20.3 Å². The fourth-order valence-electron chi connectivity index (χ4n) is 1.65. The van der Waals surface area contributed by atoms with Crippen molar-refractivity contribution >= 4 is 5.97 Å². The fourth-order valence-corrected chi connectivity index (χ4v) is 1.65. The number of unbranched alkanes of at least 4 members (excludes halogenated alkanes) is 3. The molecule has 0 aliphatic carbocycles. The lowest BCUT2D eigenvalue weighted by atomic mass is 10.2. The van der Waals surface area contributed by atoms with Crippen LogP contribution in [0.1, 0.15) is 25.7 Å². The Morgan fingerprint density at radius 1 is 1.05 bits per heavy atom. The zero-order valence-electron chi connectivity index (χ0n) is 12.0. The fraction of sp³-hybridized carbons (Fsp3) is 0.438. The Morgan fingerprint density at radius 3 is 2.25 bits per heavy atom. The van der Waals surface area contributed by atoms with Crippen LogP contribution in [0.15, 0.2) is 36.9 Å². The Bertz CT molecular complexity index is 397. The van der Waals surface area contributed by atoms with Gasteiger partial charge < -0.3 is 14.2 Å².